The summed E-state index contributed by atoms with van der Waals surface area (Å²) in [6.45, 7) is 7.16. The van der Waals surface area contributed by atoms with Crippen LogP contribution in [0.3, 0.4) is 0 Å². The van der Waals surface area contributed by atoms with Crippen LogP contribution in [0.15, 0.2) is 48.1 Å². The number of hydrogen-bond donors (Lipinski definition) is 2. The van der Waals surface area contributed by atoms with Gasteiger partial charge in [-0.25, -0.2) is 9.59 Å². The van der Waals surface area contributed by atoms with E-state index in [2.05, 4.69) is 5.32 Å². The third-order valence-corrected chi connectivity index (χ3v) is 12.1. The molecule has 0 aliphatic carbocycles. The number of imide groups is 1. The number of carbonyl (C=O) groups excluding carboxylic acids is 6. The number of nitrogens with one attached hydrogen (secondary N) is 1. The van der Waals surface area contributed by atoms with Crippen molar-refractivity contribution in [3.63, 3.8) is 0 Å². The number of esters is 1. The molecule has 0 spiro atoms. The number of unbranched alkanes of at least 4 members (excludes halogenated alkanes) is 2. The molecule has 1 aromatic rings. The zero-order chi connectivity index (χ0) is 43.4. The number of epoxide rings is 1. The Hall–Kier alpha value is -4.77. The second kappa shape index (κ2) is 18.7. The van der Waals surface area contributed by atoms with E-state index in [9.17, 15) is 33.9 Å². The minimum atomic E-state index is -1.85. The number of alkyl carbamates (subject to hydrolysis) is 1. The Morgan fingerprint density at radius 3 is 2.47 bits per heavy atom. The van der Waals surface area contributed by atoms with Crippen LogP contribution in [0.4, 0.5) is 10.5 Å². The molecular formula is C42H55ClN4O12. The Morgan fingerprint density at radius 1 is 1.12 bits per heavy atom. The van der Waals surface area contributed by atoms with Gasteiger partial charge in [0.15, 0.2) is 5.72 Å². The van der Waals surface area contributed by atoms with Gasteiger partial charge in [0.25, 0.3) is 11.8 Å². The Morgan fingerprint density at radius 2 is 1.81 bits per heavy atom. The van der Waals surface area contributed by atoms with E-state index in [-0.39, 0.29) is 48.6 Å². The molecule has 1 aromatic carbocycles. The Labute approximate surface area is 349 Å². The average molecular weight is 843 g/mol. The molecule has 2 fully saturated rings. The maximum Gasteiger partial charge on any atom is 0.409 e. The van der Waals surface area contributed by atoms with Gasteiger partial charge in [-0.3, -0.25) is 29.4 Å². The quantitative estimate of drug-likeness (QED) is 0.141. The summed E-state index contributed by atoms with van der Waals surface area (Å²) in [6.07, 6.45) is 4.78. The number of ether oxygens (including phenoxy) is 5. The third kappa shape index (κ3) is 10.2. The molecule has 4 aliphatic heterocycles. The van der Waals surface area contributed by atoms with Gasteiger partial charge in [-0.1, -0.05) is 48.7 Å². The lowest BCUT2D eigenvalue weighted by molar-refractivity contribution is -0.162. The summed E-state index contributed by atoms with van der Waals surface area (Å²) in [5.74, 6) is -2.49. The minimum absolute atomic E-state index is 0.0761. The van der Waals surface area contributed by atoms with Crippen molar-refractivity contribution in [1.29, 1.82) is 0 Å². The predicted octanol–water partition coefficient (Wildman–Crippen LogP) is 4.00. The number of anilines is 1. The molecule has 0 saturated carbocycles. The highest BCUT2D eigenvalue weighted by Crippen LogP contribution is 2.49. The fraction of sp³-hybridized carbons (Fsp3) is 0.571. The summed E-state index contributed by atoms with van der Waals surface area (Å²) in [5.41, 5.74) is -1.05. The van der Waals surface area contributed by atoms with Crippen molar-refractivity contribution >= 4 is 53.0 Å². The number of rotatable bonds is 11. The summed E-state index contributed by atoms with van der Waals surface area (Å²) in [4.78, 5) is 81.6. The summed E-state index contributed by atoms with van der Waals surface area (Å²) >= 11 is 6.77. The molecule has 4 unspecified atom stereocenters. The summed E-state index contributed by atoms with van der Waals surface area (Å²) < 4.78 is 29.3. The van der Waals surface area contributed by atoms with Gasteiger partial charge in [0.2, 0.25) is 11.8 Å². The fourth-order valence-corrected chi connectivity index (χ4v) is 8.08. The van der Waals surface area contributed by atoms with Gasteiger partial charge in [0, 0.05) is 58.7 Å². The number of fused-ring (bicyclic) bond motifs is 5. The smallest absolute Gasteiger partial charge is 0.409 e. The van der Waals surface area contributed by atoms with Gasteiger partial charge in [-0.05, 0) is 57.7 Å². The number of likely N-dealkylation sites (N-methyl/N-ethyl adjacent to an activating group) is 1. The van der Waals surface area contributed by atoms with Crippen molar-refractivity contribution in [2.45, 2.75) is 114 Å². The van der Waals surface area contributed by atoms with Crippen molar-refractivity contribution < 1.29 is 57.6 Å². The third-order valence-electron chi connectivity index (χ3n) is 11.7. The first-order valence-electron chi connectivity index (χ1n) is 19.7. The Bertz CT molecular complexity index is 1900. The lowest BCUT2D eigenvalue weighted by Crippen LogP contribution is -2.63. The van der Waals surface area contributed by atoms with Crippen molar-refractivity contribution in [3.05, 3.63) is 58.7 Å². The number of benzene rings is 1. The van der Waals surface area contributed by atoms with E-state index < -0.39 is 65.7 Å². The second-order valence-corrected chi connectivity index (χ2v) is 16.3. The number of carbonyl (C=O) groups is 6. The number of allylic oxidation sites excluding steroid dienone is 3. The first kappa shape index (κ1) is 45.3. The standard InChI is InChI=1S/C42H55ClN4O12/c1-24-13-12-14-31(56-8)42(54)23-30(57-40(53)44-42)25(2)38-41(4,59-38)32(22-36(51)46(6)28-20-27(19-24)21-29(55-7)37(28)43)58-39(52)26(3)45(5)33(48)15-10-9-11-18-47-34(49)16-17-35(47)50/h12-14,16-17,20-21,25-26,30-32,38,54H,9-11,15,18-19,22-23H2,1-8H3,(H,44,53)/b14-12+,24-13+/t25?,26-,30-,31?,32?,38-,41+,42?/m0/s1. The molecule has 17 heteroatoms. The van der Waals surface area contributed by atoms with E-state index >= 15 is 0 Å². The number of aliphatic hydroxyl groups is 1. The first-order chi connectivity index (χ1) is 27.8. The topological polar surface area (TPSA) is 194 Å². The molecule has 4 heterocycles. The Kier molecular flexibility index (Phi) is 14.3. The second-order valence-electron chi connectivity index (χ2n) is 15.9. The molecule has 0 aromatic heterocycles. The lowest BCUT2D eigenvalue weighted by Gasteiger charge is -2.42. The number of halogens is 1. The van der Waals surface area contributed by atoms with Crippen LogP contribution < -0.4 is 15.0 Å². The maximum absolute atomic E-state index is 14.2. The molecular weight excluding hydrogens is 788 g/mol. The van der Waals surface area contributed by atoms with E-state index in [1.165, 1.54) is 50.1 Å². The highest BCUT2D eigenvalue weighted by molar-refractivity contribution is 6.35. The van der Waals surface area contributed by atoms with E-state index in [0.29, 0.717) is 37.1 Å². The molecule has 2 N–H and O–H groups in total. The highest BCUT2D eigenvalue weighted by Gasteiger charge is 2.64. The normalized spacial score (nSPS) is 30.4. The molecule has 8 atom stereocenters. The SMILES string of the molecule is COc1cc2cc(c1Cl)N(C)C(=O)CC(OC(=O)[C@H](C)N(C)C(=O)CCCCCN1C(=O)C=CC1=O)[C@@]1(C)O[C@H]1C(C)[C@@H]1CC(O)(NC(=O)O1)C(OC)/C=C/C=C(\C)C2. The number of hydrogen-bond acceptors (Lipinski definition) is 12. The highest BCUT2D eigenvalue weighted by atomic mass is 35.5. The average Bonchev–Trinajstić information content (AvgIpc) is 3.79. The number of amides is 5. The number of nitrogens with zero attached hydrogens (tertiary/aromatic N) is 3. The fourth-order valence-electron chi connectivity index (χ4n) is 7.77. The monoisotopic (exact) mass is 842 g/mol. The van der Waals surface area contributed by atoms with Crippen LogP contribution in [0.1, 0.15) is 71.8 Å². The molecule has 5 rings (SSSR count). The van der Waals surface area contributed by atoms with Crippen molar-refractivity contribution in [1.82, 2.24) is 15.1 Å². The molecule has 4 aliphatic rings. The van der Waals surface area contributed by atoms with Crippen LogP contribution >= 0.6 is 11.6 Å². The van der Waals surface area contributed by atoms with Crippen LogP contribution in [0.25, 0.3) is 0 Å². The summed E-state index contributed by atoms with van der Waals surface area (Å²) in [5, 5.41) is 14.5. The van der Waals surface area contributed by atoms with Crippen LogP contribution in [0.5, 0.6) is 5.75 Å². The lowest BCUT2D eigenvalue weighted by atomic mass is 9.83. The molecule has 322 valence electrons. The van der Waals surface area contributed by atoms with E-state index in [1.54, 1.807) is 45.2 Å². The zero-order valence-electron chi connectivity index (χ0n) is 34.8. The van der Waals surface area contributed by atoms with Crippen LogP contribution in [-0.4, -0.2) is 127 Å². The zero-order valence-corrected chi connectivity index (χ0v) is 35.6. The van der Waals surface area contributed by atoms with Gasteiger partial charge in [0.1, 0.15) is 40.7 Å². The van der Waals surface area contributed by atoms with Crippen LogP contribution in [0, 0.1) is 5.92 Å². The van der Waals surface area contributed by atoms with Gasteiger partial charge < -0.3 is 38.6 Å². The van der Waals surface area contributed by atoms with Crippen molar-refractivity contribution in [3.8, 4) is 5.75 Å². The summed E-state index contributed by atoms with van der Waals surface area (Å²) in [6, 6.07) is 2.50. The predicted molar refractivity (Wildman–Crippen MR) is 215 cm³/mol. The van der Waals surface area contributed by atoms with Crippen LogP contribution in [0.2, 0.25) is 5.02 Å². The molecule has 59 heavy (non-hydrogen) atoms. The van der Waals surface area contributed by atoms with E-state index in [1.807, 2.05) is 13.0 Å². The Balaban J connectivity index is 1.39. The molecule has 16 nitrogen and oxygen atoms in total. The molecule has 2 saturated heterocycles. The van der Waals surface area contributed by atoms with E-state index in [4.69, 9.17) is 35.3 Å². The van der Waals surface area contributed by atoms with Crippen LogP contribution in [-0.2, 0) is 49.3 Å². The number of methoxy groups -OCH3 is 2. The van der Waals surface area contributed by atoms with Gasteiger partial charge >= 0.3 is 12.1 Å². The molecule has 4 bridgehead atoms. The van der Waals surface area contributed by atoms with Gasteiger partial charge in [-0.15, -0.1) is 0 Å². The summed E-state index contributed by atoms with van der Waals surface area (Å²) in [7, 11) is 5.94. The minimum Gasteiger partial charge on any atom is -0.495 e. The molecule has 5 amide bonds. The largest absolute Gasteiger partial charge is 0.495 e. The van der Waals surface area contributed by atoms with Gasteiger partial charge in [-0.2, -0.15) is 0 Å². The van der Waals surface area contributed by atoms with Crippen molar-refractivity contribution in [2.75, 3.05) is 39.8 Å². The molecule has 0 radical (unpaired) electrons. The van der Waals surface area contributed by atoms with Gasteiger partial charge in [0.05, 0.1) is 25.3 Å². The maximum atomic E-state index is 14.2. The first-order valence-corrected chi connectivity index (χ1v) is 20.1. The van der Waals surface area contributed by atoms with Crippen molar-refractivity contribution in [2.24, 2.45) is 5.92 Å². The van der Waals surface area contributed by atoms with E-state index in [0.717, 1.165) is 16.0 Å².